The Morgan fingerprint density at radius 3 is 2.75 bits per heavy atom. The number of carbonyl (C=O) groups excluding carboxylic acids is 1. The van der Waals surface area contributed by atoms with Gasteiger partial charge >= 0.3 is 0 Å². The van der Waals surface area contributed by atoms with Gasteiger partial charge in [0.25, 0.3) is 0 Å². The normalized spacial score (nSPS) is 37.1. The average Bonchev–Trinajstić information content (AvgIpc) is 2.55. The van der Waals surface area contributed by atoms with Crippen LogP contribution in [0.2, 0.25) is 0 Å². The molecule has 0 aromatic carbocycles. The minimum Gasteiger partial charge on any atom is -0.362 e. The first-order valence-corrected chi connectivity index (χ1v) is 6.15. The van der Waals surface area contributed by atoms with Crippen LogP contribution in [-0.4, -0.2) is 55.2 Å². The highest BCUT2D eigenvalue weighted by atomic mass is 16.5. The lowest BCUT2D eigenvalue weighted by Gasteiger charge is -2.32. The van der Waals surface area contributed by atoms with E-state index in [2.05, 4.69) is 18.9 Å². The van der Waals surface area contributed by atoms with E-state index < -0.39 is 0 Å². The molecule has 2 saturated heterocycles. The van der Waals surface area contributed by atoms with Gasteiger partial charge in [0.05, 0.1) is 6.61 Å². The Morgan fingerprint density at radius 2 is 2.19 bits per heavy atom. The maximum atomic E-state index is 11.4. The quantitative estimate of drug-likeness (QED) is 0.702. The molecule has 0 aromatic heterocycles. The van der Waals surface area contributed by atoms with E-state index in [1.54, 1.807) is 0 Å². The summed E-state index contributed by atoms with van der Waals surface area (Å²) in [7, 11) is 4.03. The van der Waals surface area contributed by atoms with Gasteiger partial charge in [0.2, 0.25) is 5.91 Å². The highest BCUT2D eigenvalue weighted by Gasteiger charge is 2.32. The van der Waals surface area contributed by atoms with Crippen LogP contribution in [0.15, 0.2) is 0 Å². The van der Waals surface area contributed by atoms with E-state index in [9.17, 15) is 4.79 Å². The van der Waals surface area contributed by atoms with E-state index >= 15 is 0 Å². The average molecular weight is 226 g/mol. The third-order valence-electron chi connectivity index (χ3n) is 4.01. The van der Waals surface area contributed by atoms with Gasteiger partial charge in [0.15, 0.2) is 0 Å². The highest BCUT2D eigenvalue weighted by molar-refractivity contribution is 5.76. The first-order valence-electron chi connectivity index (χ1n) is 6.15. The molecule has 2 aliphatic heterocycles. The van der Waals surface area contributed by atoms with Crippen molar-refractivity contribution < 1.29 is 9.53 Å². The van der Waals surface area contributed by atoms with Crippen molar-refractivity contribution in [3.8, 4) is 0 Å². The lowest BCUT2D eigenvalue weighted by Crippen LogP contribution is -2.40. The fourth-order valence-corrected chi connectivity index (χ4v) is 2.69. The Kier molecular flexibility index (Phi) is 3.50. The standard InChI is InChI=1S/C12H22N2O2/c1-9-14(3)11(8-16-9)6-10-4-5-12(15)13(2)7-10/h9-11H,4-8H2,1-3H3/t9?,10-,11?/m1/s1. The number of rotatable bonds is 2. The molecule has 16 heavy (non-hydrogen) atoms. The molecule has 4 heteroatoms. The number of ether oxygens (including phenoxy) is 1. The molecule has 3 atom stereocenters. The summed E-state index contributed by atoms with van der Waals surface area (Å²) < 4.78 is 5.61. The van der Waals surface area contributed by atoms with Gasteiger partial charge in [-0.25, -0.2) is 0 Å². The molecule has 2 rings (SSSR count). The third kappa shape index (κ3) is 2.38. The number of likely N-dealkylation sites (tertiary alicyclic amines) is 1. The van der Waals surface area contributed by atoms with Gasteiger partial charge in [-0.15, -0.1) is 0 Å². The number of piperidine rings is 1. The number of hydrogen-bond donors (Lipinski definition) is 0. The summed E-state index contributed by atoms with van der Waals surface area (Å²) in [4.78, 5) is 15.6. The number of amides is 1. The zero-order valence-corrected chi connectivity index (χ0v) is 10.5. The summed E-state index contributed by atoms with van der Waals surface area (Å²) in [6.07, 6.45) is 3.15. The highest BCUT2D eigenvalue weighted by Crippen LogP contribution is 2.26. The molecule has 2 fully saturated rings. The van der Waals surface area contributed by atoms with E-state index in [-0.39, 0.29) is 6.23 Å². The number of hydrogen-bond acceptors (Lipinski definition) is 3. The Balaban J connectivity index is 1.84. The van der Waals surface area contributed by atoms with Crippen LogP contribution in [-0.2, 0) is 9.53 Å². The zero-order chi connectivity index (χ0) is 11.7. The van der Waals surface area contributed by atoms with Crippen molar-refractivity contribution in [2.75, 3.05) is 27.2 Å². The lowest BCUT2D eigenvalue weighted by atomic mass is 9.91. The van der Waals surface area contributed by atoms with Crippen LogP contribution in [0.3, 0.4) is 0 Å². The first-order chi connectivity index (χ1) is 7.58. The topological polar surface area (TPSA) is 32.8 Å². The van der Waals surface area contributed by atoms with Crippen LogP contribution in [0, 0.1) is 5.92 Å². The molecule has 0 N–H and O–H groups in total. The summed E-state index contributed by atoms with van der Waals surface area (Å²) in [5.41, 5.74) is 0. The lowest BCUT2D eigenvalue weighted by molar-refractivity contribution is -0.133. The number of nitrogens with zero attached hydrogens (tertiary/aromatic N) is 2. The van der Waals surface area contributed by atoms with Crippen molar-refractivity contribution in [3.05, 3.63) is 0 Å². The maximum absolute atomic E-state index is 11.4. The Bertz CT molecular complexity index is 270. The van der Waals surface area contributed by atoms with Crippen LogP contribution in [0.5, 0.6) is 0 Å². The summed E-state index contributed by atoms with van der Waals surface area (Å²) >= 11 is 0. The van der Waals surface area contributed by atoms with Crippen LogP contribution in [0.4, 0.5) is 0 Å². The third-order valence-corrected chi connectivity index (χ3v) is 4.01. The van der Waals surface area contributed by atoms with Crippen molar-refractivity contribution in [2.24, 2.45) is 5.92 Å². The van der Waals surface area contributed by atoms with Crippen LogP contribution in [0.1, 0.15) is 26.2 Å². The van der Waals surface area contributed by atoms with E-state index in [0.29, 0.717) is 24.3 Å². The minimum atomic E-state index is 0.243. The molecule has 2 heterocycles. The van der Waals surface area contributed by atoms with Crippen LogP contribution >= 0.6 is 0 Å². The smallest absolute Gasteiger partial charge is 0.222 e. The molecule has 0 saturated carbocycles. The molecule has 0 spiro atoms. The van der Waals surface area contributed by atoms with Gasteiger partial charge in [-0.3, -0.25) is 9.69 Å². The summed E-state index contributed by atoms with van der Waals surface area (Å²) in [5, 5.41) is 0. The van der Waals surface area contributed by atoms with E-state index in [1.807, 2.05) is 11.9 Å². The first kappa shape index (κ1) is 11.9. The maximum Gasteiger partial charge on any atom is 0.222 e. The van der Waals surface area contributed by atoms with E-state index in [4.69, 9.17) is 4.74 Å². The Hall–Kier alpha value is -0.610. The minimum absolute atomic E-state index is 0.243. The fourth-order valence-electron chi connectivity index (χ4n) is 2.69. The second-order valence-corrected chi connectivity index (χ2v) is 5.17. The zero-order valence-electron chi connectivity index (χ0n) is 10.5. The second kappa shape index (κ2) is 4.72. The number of likely N-dealkylation sites (N-methyl/N-ethyl adjacent to an activating group) is 1. The van der Waals surface area contributed by atoms with Crippen LogP contribution in [0.25, 0.3) is 0 Å². The van der Waals surface area contributed by atoms with Crippen LogP contribution < -0.4 is 0 Å². The SMILES string of the molecule is CC1OCC(C[C@H]2CCC(=O)N(C)C2)N1C. The van der Waals surface area contributed by atoms with Gasteiger partial charge in [0.1, 0.15) is 6.23 Å². The van der Waals surface area contributed by atoms with Crippen molar-refractivity contribution >= 4 is 5.91 Å². The Morgan fingerprint density at radius 1 is 1.44 bits per heavy atom. The van der Waals surface area contributed by atoms with Gasteiger partial charge in [0, 0.05) is 26.1 Å². The Labute approximate surface area is 97.5 Å². The van der Waals surface area contributed by atoms with Crippen molar-refractivity contribution in [2.45, 2.75) is 38.5 Å². The molecule has 4 nitrogen and oxygen atoms in total. The molecule has 0 bridgehead atoms. The molecule has 2 aliphatic rings. The van der Waals surface area contributed by atoms with Gasteiger partial charge in [-0.05, 0) is 32.7 Å². The molecule has 0 aromatic rings. The molecule has 92 valence electrons. The summed E-state index contributed by atoms with van der Waals surface area (Å²) in [6.45, 7) is 3.85. The predicted octanol–water partition coefficient (Wildman–Crippen LogP) is 0.921. The van der Waals surface area contributed by atoms with Gasteiger partial charge in [-0.2, -0.15) is 0 Å². The van der Waals surface area contributed by atoms with Gasteiger partial charge < -0.3 is 9.64 Å². The second-order valence-electron chi connectivity index (χ2n) is 5.17. The van der Waals surface area contributed by atoms with E-state index in [0.717, 1.165) is 26.0 Å². The molecular formula is C12H22N2O2. The molecular weight excluding hydrogens is 204 g/mol. The largest absolute Gasteiger partial charge is 0.362 e. The van der Waals surface area contributed by atoms with Crippen molar-refractivity contribution in [1.82, 2.24) is 9.80 Å². The monoisotopic (exact) mass is 226 g/mol. The van der Waals surface area contributed by atoms with Crippen molar-refractivity contribution in [1.29, 1.82) is 0 Å². The molecule has 0 radical (unpaired) electrons. The van der Waals surface area contributed by atoms with E-state index in [1.165, 1.54) is 0 Å². The summed E-state index contributed by atoms with van der Waals surface area (Å²) in [6, 6.07) is 0.529. The van der Waals surface area contributed by atoms with Gasteiger partial charge in [-0.1, -0.05) is 0 Å². The fraction of sp³-hybridized carbons (Fsp3) is 0.917. The van der Waals surface area contributed by atoms with Crippen molar-refractivity contribution in [3.63, 3.8) is 0 Å². The predicted molar refractivity (Wildman–Crippen MR) is 61.9 cm³/mol. The molecule has 1 amide bonds. The summed E-state index contributed by atoms with van der Waals surface area (Å²) in [5.74, 6) is 0.935. The molecule has 2 unspecified atom stereocenters. The number of carbonyl (C=O) groups is 1. The molecule has 0 aliphatic carbocycles.